The van der Waals surface area contributed by atoms with E-state index in [9.17, 15) is 0 Å². The maximum Gasteiger partial charge on any atom is 0.255 e. The highest BCUT2D eigenvalue weighted by atomic mass is 32.2. The molecule has 32 valence electrons. The van der Waals surface area contributed by atoms with Crippen LogP contribution in [0.4, 0.5) is 0 Å². The summed E-state index contributed by atoms with van der Waals surface area (Å²) < 4.78 is 16.6. The summed E-state index contributed by atoms with van der Waals surface area (Å²) in [6.45, 7) is 0. The molecule has 0 amide bonds. The van der Waals surface area contributed by atoms with E-state index in [1.807, 2.05) is 0 Å². The van der Waals surface area contributed by atoms with Crippen LogP contribution < -0.4 is 4.89 Å². The lowest BCUT2D eigenvalue weighted by molar-refractivity contribution is 0.239. The minimum atomic E-state index is -2.27. The molecule has 0 aromatic heterocycles. The first-order valence-electron chi connectivity index (χ1n) is 0.777. The van der Waals surface area contributed by atoms with Gasteiger partial charge < -0.3 is 5.21 Å². The first kappa shape index (κ1) is 5.03. The van der Waals surface area contributed by atoms with Gasteiger partial charge in [0.15, 0.2) is 0 Å². The van der Waals surface area contributed by atoms with Crippen LogP contribution in [0.2, 0.25) is 0 Å². The Balaban J connectivity index is 2.85. The topological polar surface area (TPSA) is 69.6 Å². The minimum Gasteiger partial charge on any atom is -0.302 e. The molecule has 0 saturated heterocycles. The van der Waals surface area contributed by atoms with Gasteiger partial charge in [0.05, 0.1) is 0 Å². The van der Waals surface area contributed by atoms with E-state index < -0.39 is 11.3 Å². The molecule has 0 aliphatic heterocycles. The molecule has 0 saturated carbocycles. The Labute approximate surface area is 31.2 Å². The first-order valence-corrected chi connectivity index (χ1v) is 1.88. The van der Waals surface area contributed by atoms with Gasteiger partial charge in [0, 0.05) is 0 Å². The van der Waals surface area contributed by atoms with E-state index in [0.717, 1.165) is 4.89 Å². The predicted molar refractivity (Wildman–Crippen MR) is 15.7 cm³/mol. The molecule has 0 aromatic rings. The van der Waals surface area contributed by atoms with Crippen molar-refractivity contribution in [2.75, 3.05) is 0 Å². The third-order valence-corrected chi connectivity index (χ3v) is 0.234. The normalized spacial score (nSPS) is 14.8. The second kappa shape index (κ2) is 2.28. The van der Waals surface area contributed by atoms with Crippen LogP contribution in [-0.2, 0) is 11.3 Å². The molecule has 5 heteroatoms. The van der Waals surface area contributed by atoms with Crippen LogP contribution in [0, 0.1) is 0 Å². The monoisotopic (exact) mass is 97.0 g/mol. The SMILES string of the molecule is O=S(O)NO. The Morgan fingerprint density at radius 2 is 2.00 bits per heavy atom. The van der Waals surface area contributed by atoms with E-state index in [-0.39, 0.29) is 0 Å². The van der Waals surface area contributed by atoms with Crippen LogP contribution in [0.3, 0.4) is 0 Å². The van der Waals surface area contributed by atoms with E-state index in [1.54, 1.807) is 0 Å². The molecule has 0 rings (SSSR count). The van der Waals surface area contributed by atoms with Crippen LogP contribution in [0.15, 0.2) is 0 Å². The van der Waals surface area contributed by atoms with Crippen molar-refractivity contribution >= 4 is 11.3 Å². The fraction of sp³-hybridized carbons (Fsp3) is 0. The number of hydrogen-bond donors (Lipinski definition) is 3. The van der Waals surface area contributed by atoms with Crippen LogP contribution in [0.25, 0.3) is 0 Å². The second-order valence-electron chi connectivity index (χ2n) is 0.340. The molecule has 4 nitrogen and oxygen atoms in total. The average molecular weight is 97.1 g/mol. The highest BCUT2D eigenvalue weighted by Crippen LogP contribution is 1.47. The van der Waals surface area contributed by atoms with Crippen molar-refractivity contribution < 1.29 is 14.0 Å². The summed E-state index contributed by atoms with van der Waals surface area (Å²) in [6.07, 6.45) is 0. The van der Waals surface area contributed by atoms with Gasteiger partial charge in [-0.1, -0.05) is 4.89 Å². The molecule has 0 spiro atoms. The van der Waals surface area contributed by atoms with Crippen molar-refractivity contribution in [1.82, 2.24) is 4.89 Å². The molecule has 0 bridgehead atoms. The van der Waals surface area contributed by atoms with Gasteiger partial charge in [0.1, 0.15) is 0 Å². The molecule has 0 aliphatic rings. The first-order chi connectivity index (χ1) is 2.27. The Morgan fingerprint density at radius 3 is 2.00 bits per heavy atom. The molecule has 0 aromatic carbocycles. The van der Waals surface area contributed by atoms with Gasteiger partial charge in [-0.2, -0.15) is 0 Å². The summed E-state index contributed by atoms with van der Waals surface area (Å²) in [4.78, 5) is 1.06. The summed E-state index contributed by atoms with van der Waals surface area (Å²) in [5.74, 6) is 0. The fourth-order valence-electron chi connectivity index (χ4n) is 0. The van der Waals surface area contributed by atoms with Crippen molar-refractivity contribution in [2.24, 2.45) is 0 Å². The van der Waals surface area contributed by atoms with Gasteiger partial charge >= 0.3 is 0 Å². The third kappa shape index (κ3) is 4.03. The lowest BCUT2D eigenvalue weighted by Gasteiger charge is -1.76. The molecule has 0 heterocycles. The van der Waals surface area contributed by atoms with Gasteiger partial charge in [-0.05, 0) is 0 Å². The predicted octanol–water partition coefficient (Wildman–Crippen LogP) is -0.898. The summed E-state index contributed by atoms with van der Waals surface area (Å²) in [7, 11) is 0. The maximum absolute atomic E-state index is 9.12. The second-order valence-corrected chi connectivity index (χ2v) is 1.02. The van der Waals surface area contributed by atoms with Crippen LogP contribution in [0.5, 0.6) is 0 Å². The van der Waals surface area contributed by atoms with E-state index >= 15 is 0 Å². The Kier molecular flexibility index (Phi) is 2.29. The lowest BCUT2D eigenvalue weighted by Crippen LogP contribution is -2.08. The molecule has 1 atom stereocenters. The Bertz CT molecular complexity index is 42.2. The van der Waals surface area contributed by atoms with Gasteiger partial charge in [-0.3, -0.25) is 4.55 Å². The van der Waals surface area contributed by atoms with Crippen molar-refractivity contribution in [3.05, 3.63) is 0 Å². The fourth-order valence-corrected chi connectivity index (χ4v) is 0. The zero-order valence-electron chi connectivity index (χ0n) is 2.21. The number of hydrogen-bond acceptors (Lipinski definition) is 2. The van der Waals surface area contributed by atoms with Crippen molar-refractivity contribution in [2.45, 2.75) is 0 Å². The quantitative estimate of drug-likeness (QED) is 0.293. The van der Waals surface area contributed by atoms with Gasteiger partial charge in [0.2, 0.25) is 0 Å². The van der Waals surface area contributed by atoms with E-state index in [0.29, 0.717) is 0 Å². The average Bonchev–Trinajstić information content (AvgIpc) is 1.38. The van der Waals surface area contributed by atoms with E-state index in [1.165, 1.54) is 0 Å². The van der Waals surface area contributed by atoms with Crippen LogP contribution in [0.1, 0.15) is 0 Å². The maximum atomic E-state index is 9.12. The van der Waals surface area contributed by atoms with Crippen molar-refractivity contribution in [3.8, 4) is 0 Å². The molecule has 3 N–H and O–H groups in total. The lowest BCUT2D eigenvalue weighted by atomic mass is 13.5. The van der Waals surface area contributed by atoms with Crippen LogP contribution >= 0.6 is 0 Å². The molecular weight excluding hydrogens is 94.1 g/mol. The number of rotatable bonds is 1. The van der Waals surface area contributed by atoms with E-state index in [2.05, 4.69) is 0 Å². The molecule has 0 fully saturated rings. The molecule has 5 heavy (non-hydrogen) atoms. The summed E-state index contributed by atoms with van der Waals surface area (Å²) in [5, 5.41) is 7.34. The Morgan fingerprint density at radius 1 is 1.80 bits per heavy atom. The summed E-state index contributed by atoms with van der Waals surface area (Å²) in [6, 6.07) is 0. The van der Waals surface area contributed by atoms with Crippen molar-refractivity contribution in [1.29, 1.82) is 0 Å². The standard InChI is InChI=1S/H3NO3S/c2-1-5(3)4/h1-2H,(H,3,4). The summed E-state index contributed by atoms with van der Waals surface area (Å²) in [5.41, 5.74) is 0. The minimum absolute atomic E-state index is 1.06. The highest BCUT2D eigenvalue weighted by molar-refractivity contribution is 7.76. The number of nitrogens with one attached hydrogen (secondary N) is 1. The molecule has 1 unspecified atom stereocenters. The van der Waals surface area contributed by atoms with Crippen LogP contribution in [-0.4, -0.2) is 14.0 Å². The van der Waals surface area contributed by atoms with Gasteiger partial charge in [-0.15, -0.1) is 0 Å². The zero-order chi connectivity index (χ0) is 4.28. The molecule has 0 radical (unpaired) electrons. The third-order valence-electron chi connectivity index (χ3n) is 0.0781. The molecular formula is H3NO3S. The summed E-state index contributed by atoms with van der Waals surface area (Å²) >= 11 is -2.27. The zero-order valence-corrected chi connectivity index (χ0v) is 3.03. The molecule has 0 aliphatic carbocycles. The van der Waals surface area contributed by atoms with E-state index in [4.69, 9.17) is 14.0 Å². The van der Waals surface area contributed by atoms with Gasteiger partial charge in [0.25, 0.3) is 11.3 Å². The Hall–Kier alpha value is 0.0300. The highest BCUT2D eigenvalue weighted by Gasteiger charge is 1.74. The van der Waals surface area contributed by atoms with Gasteiger partial charge in [-0.25, -0.2) is 4.21 Å². The van der Waals surface area contributed by atoms with Crippen molar-refractivity contribution in [3.63, 3.8) is 0 Å². The smallest absolute Gasteiger partial charge is 0.255 e. The largest absolute Gasteiger partial charge is 0.302 e.